The van der Waals surface area contributed by atoms with Crippen molar-refractivity contribution in [3.8, 4) is 0 Å². The third kappa shape index (κ3) is 2.93. The zero-order valence-electron chi connectivity index (χ0n) is 5.30. The van der Waals surface area contributed by atoms with Crippen molar-refractivity contribution in [3.05, 3.63) is 29.3 Å². The highest BCUT2D eigenvalue weighted by Gasteiger charge is 2.10. The van der Waals surface area contributed by atoms with Crippen LogP contribution in [-0.2, 0) is 11.8 Å². The van der Waals surface area contributed by atoms with Crippen LogP contribution in [0.4, 0.5) is 0 Å². The Morgan fingerprint density at radius 3 is 1.91 bits per heavy atom. The first kappa shape index (κ1) is 9.83. The summed E-state index contributed by atoms with van der Waals surface area (Å²) in [5.41, 5.74) is 0. The van der Waals surface area contributed by atoms with Crippen molar-refractivity contribution in [2.24, 2.45) is 0 Å². The van der Waals surface area contributed by atoms with E-state index in [0.717, 1.165) is 5.30 Å². The molecule has 0 heterocycles. The van der Waals surface area contributed by atoms with E-state index < -0.39 is 4.74 Å². The molecule has 0 radical (unpaired) electrons. The average molecular weight is 245 g/mol. The first-order valence-corrected chi connectivity index (χ1v) is 7.74. The number of benzene rings is 1. The molecule has 60 valence electrons. The molecule has 0 bridgehead atoms. The van der Waals surface area contributed by atoms with Crippen LogP contribution in [0.5, 0.6) is 0 Å². The lowest BCUT2D eigenvalue weighted by atomic mass is 10.4. The maximum atomic E-state index is 5.76. The quantitative estimate of drug-likeness (QED) is 0.679. The Morgan fingerprint density at radius 1 is 1.09 bits per heavy atom. The predicted molar refractivity (Wildman–Crippen MR) is 57.1 cm³/mol. The summed E-state index contributed by atoms with van der Waals surface area (Å²) in [4.78, 5) is 0. The van der Waals surface area contributed by atoms with Gasteiger partial charge >= 0.3 is 0 Å². The van der Waals surface area contributed by atoms with E-state index in [0.29, 0.717) is 5.02 Å². The van der Waals surface area contributed by atoms with Gasteiger partial charge < -0.3 is 0 Å². The highest BCUT2D eigenvalue weighted by atomic mass is 35.9. The fraction of sp³-hybridized carbons (Fsp3) is 0. The molecular weight excluding hydrogens is 241 g/mol. The first-order valence-electron chi connectivity index (χ1n) is 2.75. The lowest BCUT2D eigenvalue weighted by Gasteiger charge is -2.03. The topological polar surface area (TPSA) is 0 Å². The highest BCUT2D eigenvalue weighted by molar-refractivity contribution is 8.42. The molecular formula is C6H4Cl3PS. The lowest BCUT2D eigenvalue weighted by Crippen LogP contribution is -1.94. The van der Waals surface area contributed by atoms with Gasteiger partial charge in [0, 0.05) is 10.3 Å². The summed E-state index contributed by atoms with van der Waals surface area (Å²) in [7, 11) is 0. The highest BCUT2D eigenvalue weighted by Crippen LogP contribution is 2.55. The Kier molecular flexibility index (Phi) is 3.25. The second-order valence-corrected chi connectivity index (χ2v) is 10.2. The van der Waals surface area contributed by atoms with Crippen molar-refractivity contribution in [2.45, 2.75) is 0 Å². The third-order valence-corrected chi connectivity index (χ3v) is 4.08. The van der Waals surface area contributed by atoms with Crippen LogP contribution in [0.25, 0.3) is 0 Å². The summed E-state index contributed by atoms with van der Waals surface area (Å²) in [6.45, 7) is 0. The van der Waals surface area contributed by atoms with E-state index in [2.05, 4.69) is 0 Å². The second-order valence-electron chi connectivity index (χ2n) is 1.94. The van der Waals surface area contributed by atoms with E-state index >= 15 is 0 Å². The van der Waals surface area contributed by atoms with Crippen molar-refractivity contribution in [2.75, 3.05) is 0 Å². The zero-order valence-corrected chi connectivity index (χ0v) is 9.28. The van der Waals surface area contributed by atoms with Crippen LogP contribution < -0.4 is 5.30 Å². The predicted octanol–water partition coefficient (Wildman–Crippen LogP) is 3.75. The summed E-state index contributed by atoms with van der Waals surface area (Å²) in [6, 6.07) is 6.96. The molecule has 0 saturated carbocycles. The summed E-state index contributed by atoms with van der Waals surface area (Å²) in [6.07, 6.45) is 0. The Morgan fingerprint density at radius 2 is 1.55 bits per heavy atom. The van der Waals surface area contributed by atoms with Crippen molar-refractivity contribution >= 4 is 55.9 Å². The van der Waals surface area contributed by atoms with Gasteiger partial charge in [-0.25, -0.2) is 0 Å². The summed E-state index contributed by atoms with van der Waals surface area (Å²) < 4.78 is -2.32. The molecule has 1 aromatic rings. The third-order valence-electron chi connectivity index (χ3n) is 1.13. The Labute approximate surface area is 85.0 Å². The number of hydrogen-bond acceptors (Lipinski definition) is 1. The van der Waals surface area contributed by atoms with Gasteiger partial charge in [0.05, 0.1) is 0 Å². The minimum Gasteiger partial charge on any atom is -0.0843 e. The van der Waals surface area contributed by atoms with E-state index in [-0.39, 0.29) is 0 Å². The average Bonchev–Trinajstić information content (AvgIpc) is 1.86. The Hall–Kier alpha value is 0.740. The van der Waals surface area contributed by atoms with Crippen LogP contribution in [0.3, 0.4) is 0 Å². The molecule has 0 aliphatic heterocycles. The maximum Gasteiger partial charge on any atom is 0.147 e. The summed E-state index contributed by atoms with van der Waals surface area (Å²) in [5, 5.41) is 1.44. The molecule has 0 N–H and O–H groups in total. The molecule has 0 unspecified atom stereocenters. The molecule has 0 aliphatic rings. The van der Waals surface area contributed by atoms with Gasteiger partial charge in [-0.1, -0.05) is 58.0 Å². The van der Waals surface area contributed by atoms with Crippen LogP contribution in [0.2, 0.25) is 5.02 Å². The summed E-state index contributed by atoms with van der Waals surface area (Å²) >= 11 is 22.1. The van der Waals surface area contributed by atoms with E-state index in [1.165, 1.54) is 0 Å². The van der Waals surface area contributed by atoms with Crippen molar-refractivity contribution in [3.63, 3.8) is 0 Å². The van der Waals surface area contributed by atoms with Gasteiger partial charge in [0.25, 0.3) is 0 Å². The largest absolute Gasteiger partial charge is 0.147 e. The van der Waals surface area contributed by atoms with Gasteiger partial charge in [-0.05, 0) is 12.1 Å². The maximum absolute atomic E-state index is 5.76. The molecule has 5 heteroatoms. The Bertz CT molecular complexity index is 289. The second kappa shape index (κ2) is 3.64. The van der Waals surface area contributed by atoms with Crippen LogP contribution in [-0.4, -0.2) is 0 Å². The molecule has 0 nitrogen and oxygen atoms in total. The van der Waals surface area contributed by atoms with E-state index in [1.54, 1.807) is 24.3 Å². The van der Waals surface area contributed by atoms with Gasteiger partial charge in [0.1, 0.15) is 4.74 Å². The fourth-order valence-corrected chi connectivity index (χ4v) is 2.28. The van der Waals surface area contributed by atoms with Gasteiger partial charge in [-0.3, -0.25) is 0 Å². The molecule has 1 aromatic carbocycles. The van der Waals surface area contributed by atoms with Gasteiger partial charge in [-0.2, -0.15) is 0 Å². The molecule has 11 heavy (non-hydrogen) atoms. The number of hydrogen-bond donors (Lipinski definition) is 0. The molecule has 0 aliphatic carbocycles. The van der Waals surface area contributed by atoms with Crippen LogP contribution >= 0.6 is 38.8 Å². The minimum absolute atomic E-state index is 0.658. The van der Waals surface area contributed by atoms with Crippen molar-refractivity contribution in [1.82, 2.24) is 0 Å². The minimum atomic E-state index is -2.32. The van der Waals surface area contributed by atoms with Crippen LogP contribution in [0, 0.1) is 0 Å². The van der Waals surface area contributed by atoms with Gasteiger partial charge in [-0.15, -0.1) is 0 Å². The van der Waals surface area contributed by atoms with Gasteiger partial charge in [0.15, 0.2) is 0 Å². The van der Waals surface area contributed by atoms with Crippen molar-refractivity contribution < 1.29 is 0 Å². The fourth-order valence-electron chi connectivity index (χ4n) is 0.615. The molecule has 0 fully saturated rings. The SMILES string of the molecule is S=P(Cl)(Cl)c1ccc(Cl)cc1. The zero-order chi connectivity index (χ0) is 8.48. The standard InChI is InChI=1S/C6H4Cl3PS/c7-5-1-3-6(4-2-5)10(8,9)11/h1-4H. The van der Waals surface area contributed by atoms with E-state index in [9.17, 15) is 0 Å². The van der Waals surface area contributed by atoms with Crippen molar-refractivity contribution in [1.29, 1.82) is 0 Å². The molecule has 0 amide bonds. The normalized spacial score (nSPS) is 11.5. The summed E-state index contributed by atoms with van der Waals surface area (Å²) in [5.74, 6) is 0. The molecule has 0 spiro atoms. The van der Waals surface area contributed by atoms with Gasteiger partial charge in [0.2, 0.25) is 0 Å². The van der Waals surface area contributed by atoms with E-state index in [4.69, 9.17) is 45.9 Å². The van der Waals surface area contributed by atoms with Crippen LogP contribution in [0.15, 0.2) is 24.3 Å². The molecule has 1 rings (SSSR count). The molecule has 0 atom stereocenters. The number of halogens is 3. The molecule has 0 saturated heterocycles. The Balaban J connectivity index is 3.09. The first-order chi connectivity index (χ1) is 5.00. The van der Waals surface area contributed by atoms with Crippen LogP contribution in [0.1, 0.15) is 0 Å². The monoisotopic (exact) mass is 244 g/mol. The smallest absolute Gasteiger partial charge is 0.0843 e. The number of rotatable bonds is 1. The molecule has 0 aromatic heterocycles. The lowest BCUT2D eigenvalue weighted by molar-refractivity contribution is 1.77. The van der Waals surface area contributed by atoms with E-state index in [1.807, 2.05) is 0 Å².